The molecule has 1 saturated carbocycles. The van der Waals surface area contributed by atoms with Crippen LogP contribution in [-0.4, -0.2) is 60.6 Å². The maximum atomic E-state index is 12.1. The van der Waals surface area contributed by atoms with Crippen LogP contribution in [-0.2, 0) is 17.8 Å². The molecule has 0 atom stereocenters. The Hall–Kier alpha value is -1.60. The number of nitrogens with one attached hydrogen (secondary N) is 2. The van der Waals surface area contributed by atoms with Gasteiger partial charge in [0.2, 0.25) is 0 Å². The van der Waals surface area contributed by atoms with Gasteiger partial charge < -0.3 is 20.3 Å². The van der Waals surface area contributed by atoms with E-state index in [0.717, 1.165) is 42.5 Å². The van der Waals surface area contributed by atoms with E-state index in [0.29, 0.717) is 19.7 Å². The Kier molecular flexibility index (Phi) is 9.07. The number of carbonyl (C=O) groups is 1. The van der Waals surface area contributed by atoms with Crippen LogP contribution < -0.4 is 10.6 Å². The summed E-state index contributed by atoms with van der Waals surface area (Å²) in [5.74, 6) is 0. The van der Waals surface area contributed by atoms with Crippen LogP contribution >= 0.6 is 0 Å². The summed E-state index contributed by atoms with van der Waals surface area (Å²) in [5, 5.41) is 10.4. The summed E-state index contributed by atoms with van der Waals surface area (Å²) < 4.78 is 7.05. The zero-order valence-corrected chi connectivity index (χ0v) is 17.5. The van der Waals surface area contributed by atoms with E-state index < -0.39 is 0 Å². The normalized spacial score (nSPS) is 15.3. The zero-order valence-electron chi connectivity index (χ0n) is 17.5. The second-order valence-corrected chi connectivity index (χ2v) is 7.60. The molecule has 0 radical (unpaired) electrons. The molecule has 1 aliphatic rings. The fourth-order valence-electron chi connectivity index (χ4n) is 3.85. The molecule has 0 aromatic carbocycles. The molecule has 0 bridgehead atoms. The van der Waals surface area contributed by atoms with Gasteiger partial charge in [0.1, 0.15) is 0 Å². The minimum atomic E-state index is -0.112. The minimum absolute atomic E-state index is 0.112. The van der Waals surface area contributed by atoms with Gasteiger partial charge in [-0.3, -0.25) is 4.68 Å². The van der Waals surface area contributed by atoms with Crippen molar-refractivity contribution in [3.05, 3.63) is 17.0 Å². The monoisotopic (exact) mass is 379 g/mol. The number of carbonyl (C=O) groups excluding carboxylic acids is 1. The molecule has 1 heterocycles. The summed E-state index contributed by atoms with van der Waals surface area (Å²) in [7, 11) is 3.90. The summed E-state index contributed by atoms with van der Waals surface area (Å²) in [5.41, 5.74) is 3.12. The smallest absolute Gasteiger partial charge is 0.315 e. The number of hydrogen-bond acceptors (Lipinski definition) is 4. The van der Waals surface area contributed by atoms with Gasteiger partial charge in [-0.05, 0) is 46.7 Å². The van der Waals surface area contributed by atoms with Crippen LogP contribution in [0.4, 0.5) is 4.79 Å². The Bertz CT molecular complexity index is 581. The molecule has 7 heteroatoms. The Morgan fingerprint density at radius 3 is 2.70 bits per heavy atom. The highest BCUT2D eigenvalue weighted by atomic mass is 16.5. The largest absolute Gasteiger partial charge is 0.383 e. The van der Waals surface area contributed by atoms with Crippen LogP contribution in [0.5, 0.6) is 0 Å². The Morgan fingerprint density at radius 2 is 2.00 bits per heavy atom. The third-order valence-corrected chi connectivity index (χ3v) is 5.64. The molecule has 2 amide bonds. The molecular weight excluding hydrogens is 342 g/mol. The van der Waals surface area contributed by atoms with Crippen LogP contribution in [0.25, 0.3) is 0 Å². The summed E-state index contributed by atoms with van der Waals surface area (Å²) in [4.78, 5) is 14.5. The van der Waals surface area contributed by atoms with Gasteiger partial charge in [-0.2, -0.15) is 5.10 Å². The number of amides is 2. The molecule has 0 saturated heterocycles. The first-order valence-electron chi connectivity index (χ1n) is 10.3. The maximum absolute atomic E-state index is 12.1. The Labute approximate surface area is 163 Å². The number of aromatic nitrogens is 2. The van der Waals surface area contributed by atoms with E-state index in [1.807, 2.05) is 18.5 Å². The fraction of sp³-hybridized carbons (Fsp3) is 0.800. The number of nitrogens with zero attached hydrogens (tertiary/aromatic N) is 3. The molecule has 0 unspecified atom stereocenters. The highest BCUT2D eigenvalue weighted by Gasteiger charge is 2.17. The van der Waals surface area contributed by atoms with Gasteiger partial charge in [-0.25, -0.2) is 4.79 Å². The van der Waals surface area contributed by atoms with Crippen molar-refractivity contribution < 1.29 is 9.53 Å². The van der Waals surface area contributed by atoms with Crippen LogP contribution in [0.2, 0.25) is 0 Å². The molecule has 1 aliphatic carbocycles. The number of hydrogen-bond donors (Lipinski definition) is 2. The molecule has 2 rings (SSSR count). The molecule has 0 spiro atoms. The fourth-order valence-corrected chi connectivity index (χ4v) is 3.85. The first-order valence-corrected chi connectivity index (χ1v) is 10.3. The second-order valence-electron chi connectivity index (χ2n) is 7.60. The van der Waals surface area contributed by atoms with Gasteiger partial charge in [0.05, 0.1) is 18.8 Å². The van der Waals surface area contributed by atoms with Crippen LogP contribution in [0, 0.1) is 13.8 Å². The molecular formula is C20H37N5O2. The van der Waals surface area contributed by atoms with Crippen molar-refractivity contribution in [2.24, 2.45) is 0 Å². The Balaban J connectivity index is 1.65. The van der Waals surface area contributed by atoms with E-state index >= 15 is 0 Å². The van der Waals surface area contributed by atoms with Gasteiger partial charge >= 0.3 is 6.03 Å². The summed E-state index contributed by atoms with van der Waals surface area (Å²) in [6.45, 7) is 7.61. The van der Waals surface area contributed by atoms with E-state index in [9.17, 15) is 4.79 Å². The lowest BCUT2D eigenvalue weighted by atomic mass is 9.94. The number of ether oxygens (including phenoxy) is 1. The van der Waals surface area contributed by atoms with Crippen molar-refractivity contribution >= 4 is 6.03 Å². The third kappa shape index (κ3) is 6.81. The lowest BCUT2D eigenvalue weighted by Crippen LogP contribution is -2.38. The van der Waals surface area contributed by atoms with E-state index in [1.165, 1.54) is 32.1 Å². The lowest BCUT2D eigenvalue weighted by molar-refractivity contribution is 0.182. The summed E-state index contributed by atoms with van der Waals surface area (Å²) >= 11 is 0. The van der Waals surface area contributed by atoms with Crippen LogP contribution in [0.1, 0.15) is 55.5 Å². The number of aryl methyl sites for hydroxylation is 1. The average molecular weight is 380 g/mol. The molecule has 7 nitrogen and oxygen atoms in total. The van der Waals surface area contributed by atoms with Gasteiger partial charge in [-0.1, -0.05) is 19.3 Å². The maximum Gasteiger partial charge on any atom is 0.315 e. The summed E-state index contributed by atoms with van der Waals surface area (Å²) in [6.07, 6.45) is 7.72. The van der Waals surface area contributed by atoms with Crippen molar-refractivity contribution in [3.8, 4) is 0 Å². The van der Waals surface area contributed by atoms with Crippen molar-refractivity contribution in [3.63, 3.8) is 0 Å². The highest BCUT2D eigenvalue weighted by molar-refractivity contribution is 5.73. The molecule has 1 aromatic heterocycles. The molecule has 27 heavy (non-hydrogen) atoms. The second kappa shape index (κ2) is 11.3. The van der Waals surface area contributed by atoms with Crippen LogP contribution in [0.3, 0.4) is 0 Å². The lowest BCUT2D eigenvalue weighted by Gasteiger charge is -2.31. The Morgan fingerprint density at radius 1 is 1.26 bits per heavy atom. The standard InChI is InChI=1S/C20H37N5O2/c1-16-19(17(2)25(23-16)13-14-27-4)15-22-20(26)21-11-8-12-24(3)18-9-6-5-7-10-18/h18H,5-15H2,1-4H3,(H2,21,22,26). The molecule has 1 aromatic rings. The van der Waals surface area contributed by atoms with E-state index in [1.54, 1.807) is 7.11 Å². The van der Waals surface area contributed by atoms with E-state index in [-0.39, 0.29) is 6.03 Å². The van der Waals surface area contributed by atoms with Gasteiger partial charge in [0, 0.05) is 37.5 Å². The molecule has 0 aliphatic heterocycles. The van der Waals surface area contributed by atoms with Crippen molar-refractivity contribution in [1.29, 1.82) is 0 Å². The molecule has 2 N–H and O–H groups in total. The first kappa shape index (κ1) is 21.7. The van der Waals surface area contributed by atoms with Crippen molar-refractivity contribution in [2.75, 3.05) is 33.9 Å². The van der Waals surface area contributed by atoms with Gasteiger partial charge in [-0.15, -0.1) is 0 Å². The van der Waals surface area contributed by atoms with E-state index in [2.05, 4.69) is 27.7 Å². The molecule has 154 valence electrons. The molecule has 1 fully saturated rings. The van der Waals surface area contributed by atoms with Crippen LogP contribution in [0.15, 0.2) is 0 Å². The highest BCUT2D eigenvalue weighted by Crippen LogP contribution is 2.21. The quantitative estimate of drug-likeness (QED) is 0.613. The SMILES string of the molecule is COCCn1nc(C)c(CNC(=O)NCCCN(C)C2CCCCC2)c1C. The van der Waals surface area contributed by atoms with E-state index in [4.69, 9.17) is 4.74 Å². The van der Waals surface area contributed by atoms with Gasteiger partial charge in [0.15, 0.2) is 0 Å². The van der Waals surface area contributed by atoms with Gasteiger partial charge in [0.25, 0.3) is 0 Å². The predicted molar refractivity (Wildman–Crippen MR) is 108 cm³/mol. The number of rotatable bonds is 10. The van der Waals surface area contributed by atoms with Crippen molar-refractivity contribution in [2.45, 2.75) is 71.5 Å². The summed E-state index contributed by atoms with van der Waals surface area (Å²) in [6, 6.07) is 0.618. The minimum Gasteiger partial charge on any atom is -0.383 e. The topological polar surface area (TPSA) is 71.4 Å². The number of methoxy groups -OCH3 is 1. The predicted octanol–water partition coefficient (Wildman–Crippen LogP) is 2.60. The third-order valence-electron chi connectivity index (χ3n) is 5.64. The van der Waals surface area contributed by atoms with Crippen molar-refractivity contribution in [1.82, 2.24) is 25.3 Å². The first-order chi connectivity index (χ1) is 13.0. The average Bonchev–Trinajstić information content (AvgIpc) is 2.95. The zero-order chi connectivity index (χ0) is 19.6. The number of urea groups is 1.